The second kappa shape index (κ2) is 9.57. The highest BCUT2D eigenvalue weighted by Crippen LogP contribution is 2.36. The molecule has 0 radical (unpaired) electrons. The van der Waals surface area contributed by atoms with Crippen LogP contribution in [0.5, 0.6) is 0 Å². The standard InChI is InChI=1S/C28H22BrFN4O3/c29-20-4-8-22(9-5-20)34-15-23(27(32-34)18-2-6-21(30)7-3-18)28-33(26(36)16-37-28)12-11-17-1-10-24-19(13-17)14-25(35)31-24/h1-10,13,15,28H,11-12,14,16H2,(H,31,35)/i1D,13D. The van der Waals surface area contributed by atoms with Crippen molar-refractivity contribution in [3.63, 3.8) is 0 Å². The second-order valence-electron chi connectivity index (χ2n) is 8.87. The SMILES string of the molecule is [2H]c1cc2c(c([2H])c1CCN1C(=O)COC1c1cn(-c3ccc(Br)cc3)nc1-c1ccc(F)cc1)CC(=O)N2. The number of rotatable bonds is 6. The molecule has 2 aliphatic heterocycles. The molecule has 0 aliphatic carbocycles. The second-order valence-corrected chi connectivity index (χ2v) is 9.79. The third kappa shape index (κ3) is 4.68. The molecule has 2 amide bonds. The zero-order chi connectivity index (χ0) is 27.3. The fourth-order valence-electron chi connectivity index (χ4n) is 4.58. The summed E-state index contributed by atoms with van der Waals surface area (Å²) in [7, 11) is 0. The highest BCUT2D eigenvalue weighted by atomic mass is 79.9. The summed E-state index contributed by atoms with van der Waals surface area (Å²) in [4.78, 5) is 26.3. The highest BCUT2D eigenvalue weighted by molar-refractivity contribution is 9.10. The van der Waals surface area contributed by atoms with E-state index in [1.54, 1.807) is 34.0 Å². The van der Waals surface area contributed by atoms with Crippen LogP contribution in [0, 0.1) is 5.82 Å². The first-order valence-corrected chi connectivity index (χ1v) is 12.5. The Kier molecular flexibility index (Phi) is 5.50. The number of amides is 2. The van der Waals surface area contributed by atoms with Gasteiger partial charge in [0.1, 0.15) is 18.1 Å². The van der Waals surface area contributed by atoms with E-state index in [9.17, 15) is 14.0 Å². The van der Waals surface area contributed by atoms with Crippen LogP contribution in [0.4, 0.5) is 10.1 Å². The fourth-order valence-corrected chi connectivity index (χ4v) is 4.85. The number of aromatic nitrogens is 2. The van der Waals surface area contributed by atoms with Crippen LogP contribution in [0.25, 0.3) is 16.9 Å². The number of carbonyl (C=O) groups excluding carboxylic acids is 2. The van der Waals surface area contributed by atoms with Gasteiger partial charge in [-0.15, -0.1) is 0 Å². The normalized spacial score (nSPS) is 17.6. The van der Waals surface area contributed by atoms with Gasteiger partial charge >= 0.3 is 0 Å². The van der Waals surface area contributed by atoms with Gasteiger partial charge in [-0.1, -0.05) is 28.0 Å². The number of halogens is 2. The zero-order valence-electron chi connectivity index (χ0n) is 21.5. The Balaban J connectivity index is 1.35. The number of carbonyl (C=O) groups is 2. The maximum atomic E-state index is 13.7. The maximum Gasteiger partial charge on any atom is 0.250 e. The number of nitrogens with one attached hydrogen (secondary N) is 1. The van der Waals surface area contributed by atoms with Crippen molar-refractivity contribution in [2.45, 2.75) is 19.1 Å². The quantitative estimate of drug-likeness (QED) is 0.357. The Morgan fingerprint density at radius 3 is 2.70 bits per heavy atom. The van der Waals surface area contributed by atoms with E-state index < -0.39 is 6.23 Å². The number of hydrogen-bond acceptors (Lipinski definition) is 4. The van der Waals surface area contributed by atoms with Crippen LogP contribution in [0.3, 0.4) is 0 Å². The van der Waals surface area contributed by atoms with Gasteiger partial charge in [-0.2, -0.15) is 5.10 Å². The molecule has 4 aromatic rings. The first kappa shape index (κ1) is 21.3. The van der Waals surface area contributed by atoms with Crippen molar-refractivity contribution in [1.82, 2.24) is 14.7 Å². The molecule has 1 N–H and O–H groups in total. The molecular weight excluding hydrogens is 539 g/mol. The third-order valence-corrected chi connectivity index (χ3v) is 6.95. The molecule has 0 spiro atoms. The van der Waals surface area contributed by atoms with Gasteiger partial charge in [0.15, 0.2) is 6.23 Å². The van der Waals surface area contributed by atoms with Crippen molar-refractivity contribution >= 4 is 33.4 Å². The van der Waals surface area contributed by atoms with Crippen molar-refractivity contribution in [3.8, 4) is 16.9 Å². The predicted octanol–water partition coefficient (Wildman–Crippen LogP) is 5.04. The van der Waals surface area contributed by atoms with Gasteiger partial charge in [0.05, 0.1) is 14.8 Å². The molecular formula is C28H22BrFN4O3. The van der Waals surface area contributed by atoms with Crippen LogP contribution in [-0.2, 0) is 27.2 Å². The monoisotopic (exact) mass is 562 g/mol. The van der Waals surface area contributed by atoms with E-state index in [1.807, 2.05) is 24.3 Å². The van der Waals surface area contributed by atoms with E-state index in [0.717, 1.165) is 10.2 Å². The molecule has 186 valence electrons. The molecule has 37 heavy (non-hydrogen) atoms. The summed E-state index contributed by atoms with van der Waals surface area (Å²) in [5, 5.41) is 7.45. The number of hydrogen-bond donors (Lipinski definition) is 1. The summed E-state index contributed by atoms with van der Waals surface area (Å²) in [6.45, 7) is 0.0782. The average molecular weight is 563 g/mol. The van der Waals surface area contributed by atoms with E-state index in [-0.39, 0.29) is 55.7 Å². The Morgan fingerprint density at radius 1 is 1.14 bits per heavy atom. The van der Waals surface area contributed by atoms with E-state index in [1.165, 1.54) is 12.1 Å². The molecule has 1 saturated heterocycles. The Hall–Kier alpha value is -3.82. The van der Waals surface area contributed by atoms with Gasteiger partial charge in [0.2, 0.25) is 5.91 Å². The lowest BCUT2D eigenvalue weighted by Gasteiger charge is -2.23. The predicted molar refractivity (Wildman–Crippen MR) is 140 cm³/mol. The van der Waals surface area contributed by atoms with Crippen LogP contribution >= 0.6 is 15.9 Å². The van der Waals surface area contributed by atoms with Gasteiger partial charge in [-0.05, 0) is 72.1 Å². The van der Waals surface area contributed by atoms with Crippen molar-refractivity contribution in [2.24, 2.45) is 0 Å². The Labute approximate surface area is 223 Å². The molecule has 3 heterocycles. The van der Waals surface area contributed by atoms with Crippen LogP contribution in [0.1, 0.15) is 25.7 Å². The molecule has 1 unspecified atom stereocenters. The lowest BCUT2D eigenvalue weighted by Crippen LogP contribution is -2.30. The minimum atomic E-state index is -0.761. The van der Waals surface area contributed by atoms with Crippen molar-refractivity contribution < 1.29 is 21.5 Å². The van der Waals surface area contributed by atoms with Gasteiger partial charge in [-0.25, -0.2) is 9.07 Å². The third-order valence-electron chi connectivity index (χ3n) is 6.42. The maximum absolute atomic E-state index is 13.7. The molecule has 7 nitrogen and oxygen atoms in total. The van der Waals surface area contributed by atoms with E-state index >= 15 is 0 Å². The Morgan fingerprint density at radius 2 is 1.92 bits per heavy atom. The summed E-state index contributed by atoms with van der Waals surface area (Å²) in [6, 6.07) is 15.4. The van der Waals surface area contributed by atoms with E-state index in [0.29, 0.717) is 33.6 Å². The summed E-state index contributed by atoms with van der Waals surface area (Å²) in [5.41, 5.74) is 4.18. The zero-order valence-corrected chi connectivity index (χ0v) is 21.1. The van der Waals surface area contributed by atoms with Crippen molar-refractivity contribution in [3.05, 3.63) is 99.9 Å². The smallest absolute Gasteiger partial charge is 0.250 e. The minimum Gasteiger partial charge on any atom is -0.344 e. The van der Waals surface area contributed by atoms with Crippen LogP contribution in [0.2, 0.25) is 0 Å². The van der Waals surface area contributed by atoms with Gasteiger partial charge < -0.3 is 15.0 Å². The van der Waals surface area contributed by atoms with E-state index in [4.69, 9.17) is 12.6 Å². The molecule has 9 heteroatoms. The largest absolute Gasteiger partial charge is 0.344 e. The van der Waals surface area contributed by atoms with Gasteiger partial charge in [0, 0.05) is 34.0 Å². The molecule has 3 aromatic carbocycles. The van der Waals surface area contributed by atoms with Gasteiger partial charge in [-0.3, -0.25) is 9.59 Å². The van der Waals surface area contributed by atoms with Gasteiger partial charge in [0.25, 0.3) is 5.91 Å². The molecule has 6 rings (SSSR count). The van der Waals surface area contributed by atoms with E-state index in [2.05, 4.69) is 21.2 Å². The molecule has 0 bridgehead atoms. The molecule has 1 aromatic heterocycles. The minimum absolute atomic E-state index is 0.103. The fraction of sp³-hybridized carbons (Fsp3) is 0.179. The summed E-state index contributed by atoms with van der Waals surface area (Å²) >= 11 is 3.44. The molecule has 1 atom stereocenters. The molecule has 1 fully saturated rings. The van der Waals surface area contributed by atoms with Crippen LogP contribution in [-0.4, -0.2) is 39.6 Å². The number of fused-ring (bicyclic) bond motifs is 1. The van der Waals surface area contributed by atoms with Crippen LogP contribution < -0.4 is 5.32 Å². The highest BCUT2D eigenvalue weighted by Gasteiger charge is 2.36. The van der Waals surface area contributed by atoms with Crippen LogP contribution in [0.15, 0.2) is 77.4 Å². The number of anilines is 1. The molecule has 2 aliphatic rings. The Bertz CT molecular complexity index is 1610. The average Bonchev–Trinajstić information content (AvgIpc) is 3.61. The first-order chi connectivity index (χ1) is 18.8. The first-order valence-electron chi connectivity index (χ1n) is 12.7. The van der Waals surface area contributed by atoms with Crippen molar-refractivity contribution in [1.29, 1.82) is 0 Å². The summed E-state index contributed by atoms with van der Waals surface area (Å²) < 4.78 is 39.2. The van der Waals surface area contributed by atoms with Crippen molar-refractivity contribution in [2.75, 3.05) is 18.5 Å². The molecule has 0 saturated carbocycles. The summed E-state index contributed by atoms with van der Waals surface area (Å²) in [5.74, 6) is -0.794. The number of ether oxygens (including phenoxy) is 1. The lowest BCUT2D eigenvalue weighted by atomic mass is 10.0. The number of nitrogens with zero attached hydrogens (tertiary/aromatic N) is 3. The number of benzene rings is 3. The summed E-state index contributed by atoms with van der Waals surface area (Å²) in [6.07, 6.45) is 1.39. The topological polar surface area (TPSA) is 76.5 Å². The lowest BCUT2D eigenvalue weighted by molar-refractivity contribution is -0.128.